The number of hydrogen-bond acceptors (Lipinski definition) is 0. The summed E-state index contributed by atoms with van der Waals surface area (Å²) >= 11 is -5.24. The maximum absolute atomic E-state index is 9.24. The van der Waals surface area contributed by atoms with Crippen LogP contribution in [0.5, 0.6) is 0 Å². The van der Waals surface area contributed by atoms with Crippen molar-refractivity contribution < 1.29 is 15.6 Å². The summed E-state index contributed by atoms with van der Waals surface area (Å²) in [6.07, 6.45) is 7.10. The van der Waals surface area contributed by atoms with Gasteiger partial charge < -0.3 is 0 Å². The summed E-state index contributed by atoms with van der Waals surface area (Å²) in [6.45, 7) is 52.3. The third-order valence-electron chi connectivity index (χ3n) is 15.2. The van der Waals surface area contributed by atoms with Gasteiger partial charge in [0, 0.05) is 0 Å². The van der Waals surface area contributed by atoms with Gasteiger partial charge in [0.1, 0.15) is 0 Å². The van der Waals surface area contributed by atoms with Gasteiger partial charge in [0.05, 0.1) is 0 Å². The standard InChI is InChI=1S/2C29H39.C2H7Si.2ClH.Zr/c2*1-11-19-12-13-20-14-24(29(8,9)10)18-25(20)26(19)21-15-22(27(2,3)4)17-23(16-21)28(5,6)7;1-3-2;;;/h2*12-18H,11H2,1-10H3;3H,1-2H3;2*1H;/q;;;;;+2/p-2. The summed E-state index contributed by atoms with van der Waals surface area (Å²) < 4.78 is -0.0339. The number of hydrogen-bond donors (Lipinski definition) is 0. The molecule has 2 aliphatic rings. The minimum atomic E-state index is -5.24. The molecule has 347 valence electrons. The van der Waals surface area contributed by atoms with Crippen LogP contribution < -0.4 is 0 Å². The van der Waals surface area contributed by atoms with Crippen molar-refractivity contribution in [3.05, 3.63) is 127 Å². The van der Waals surface area contributed by atoms with E-state index in [1.54, 1.807) is 0 Å². The minimum absolute atomic E-state index is 0.00484. The Balaban J connectivity index is 1.74. The first-order valence-corrected chi connectivity index (χ1v) is 40.9. The fourth-order valence-electron chi connectivity index (χ4n) is 10.9. The summed E-state index contributed by atoms with van der Waals surface area (Å²) in [7, 11) is 18.5. The molecule has 0 heterocycles. The van der Waals surface area contributed by atoms with Gasteiger partial charge in [0.2, 0.25) is 0 Å². The number of aryl methyl sites for hydroxylation is 2. The molecule has 2 aliphatic carbocycles. The molecule has 64 heavy (non-hydrogen) atoms. The van der Waals surface area contributed by atoms with E-state index in [-0.39, 0.29) is 39.7 Å². The first-order chi connectivity index (χ1) is 29.0. The van der Waals surface area contributed by atoms with E-state index in [0.29, 0.717) is 0 Å². The molecule has 0 amide bonds. The van der Waals surface area contributed by atoms with Crippen molar-refractivity contribution >= 4 is 35.1 Å². The molecule has 0 fully saturated rings. The van der Waals surface area contributed by atoms with Crippen LogP contribution in [0.15, 0.2) is 71.8 Å². The zero-order valence-electron chi connectivity index (χ0n) is 44.3. The molecule has 0 bridgehead atoms. The van der Waals surface area contributed by atoms with Crippen LogP contribution in [-0.4, -0.2) is 5.92 Å². The van der Waals surface area contributed by atoms with Gasteiger partial charge in [-0.15, -0.1) is 0 Å². The van der Waals surface area contributed by atoms with Gasteiger partial charge >= 0.3 is 405 Å². The number of benzene rings is 4. The van der Waals surface area contributed by atoms with Gasteiger partial charge in [-0.3, -0.25) is 0 Å². The molecule has 0 N–H and O–H groups in total. The van der Waals surface area contributed by atoms with Crippen LogP contribution in [0, 0.1) is 10.8 Å². The van der Waals surface area contributed by atoms with E-state index in [2.05, 4.69) is 224 Å². The van der Waals surface area contributed by atoms with E-state index in [0.717, 1.165) is 12.8 Å². The Morgan fingerprint density at radius 2 is 0.719 bits per heavy atom. The van der Waals surface area contributed by atoms with Crippen molar-refractivity contribution in [2.75, 3.05) is 0 Å². The van der Waals surface area contributed by atoms with E-state index in [4.69, 9.17) is 0 Å². The molecule has 4 aromatic rings. The molecule has 4 aromatic carbocycles. The Bertz CT molecular complexity index is 2300. The Labute approximate surface area is 401 Å². The van der Waals surface area contributed by atoms with Crippen LogP contribution in [0.25, 0.3) is 34.4 Å². The van der Waals surface area contributed by atoms with Crippen molar-refractivity contribution in [2.24, 2.45) is 10.8 Å². The van der Waals surface area contributed by atoms with Crippen molar-refractivity contribution in [1.82, 2.24) is 0 Å². The van der Waals surface area contributed by atoms with E-state index in [9.17, 15) is 17.0 Å². The van der Waals surface area contributed by atoms with Crippen LogP contribution in [0.2, 0.25) is 13.1 Å². The molecule has 2 atom stereocenters. The predicted molar refractivity (Wildman–Crippen MR) is 288 cm³/mol. The molecule has 6 rings (SSSR count). The summed E-state index contributed by atoms with van der Waals surface area (Å²) in [5.74, 6) is -1.84. The fourth-order valence-corrected chi connectivity index (χ4v) is 42.3. The van der Waals surface area contributed by atoms with E-state index in [1.165, 1.54) is 89.0 Å². The van der Waals surface area contributed by atoms with Crippen LogP contribution >= 0.6 is 17.0 Å². The molecule has 2 unspecified atom stereocenters. The zero-order valence-corrected chi connectivity index (χ0v) is 49.5. The normalized spacial score (nSPS) is 18.2. The van der Waals surface area contributed by atoms with Crippen molar-refractivity contribution in [1.29, 1.82) is 0 Å². The molecule has 0 aromatic heterocycles. The average Bonchev–Trinajstić information content (AvgIpc) is 3.77. The van der Waals surface area contributed by atoms with Crippen molar-refractivity contribution in [3.63, 3.8) is 0 Å². The molecular formula is C60H85Cl2SiZr. The van der Waals surface area contributed by atoms with Gasteiger partial charge in [0.25, 0.3) is 0 Å². The second-order valence-corrected chi connectivity index (χ2v) is 69.0. The van der Waals surface area contributed by atoms with Gasteiger partial charge in [-0.05, 0) is 0 Å². The quantitative estimate of drug-likeness (QED) is 0.162. The second kappa shape index (κ2) is 16.6. The molecule has 4 heteroatoms. The number of allylic oxidation sites excluding steroid dienone is 2. The van der Waals surface area contributed by atoms with Gasteiger partial charge in [-0.1, -0.05) is 0 Å². The Hall–Kier alpha value is -1.96. The monoisotopic (exact) mass is 993 g/mol. The third-order valence-corrected chi connectivity index (χ3v) is 66.7. The zero-order chi connectivity index (χ0) is 48.3. The summed E-state index contributed by atoms with van der Waals surface area (Å²) in [4.78, 5) is 0. The molecular weight excluding hydrogens is 911 g/mol. The first kappa shape index (κ1) is 51.4. The average molecular weight is 997 g/mol. The van der Waals surface area contributed by atoms with Gasteiger partial charge in [-0.2, -0.15) is 0 Å². The van der Waals surface area contributed by atoms with Crippen LogP contribution in [-0.2, 0) is 50.1 Å². The predicted octanol–water partition coefficient (Wildman–Crippen LogP) is 19.0. The molecule has 0 spiro atoms. The van der Waals surface area contributed by atoms with Crippen molar-refractivity contribution in [2.45, 2.75) is 193 Å². The second-order valence-electron chi connectivity index (χ2n) is 26.5. The first-order valence-electron chi connectivity index (χ1n) is 24.6. The summed E-state index contributed by atoms with van der Waals surface area (Å²) in [5.41, 5.74) is 21.7. The maximum atomic E-state index is 9.24. The number of fused-ring (bicyclic) bond motifs is 2. The van der Waals surface area contributed by atoms with E-state index >= 15 is 0 Å². The number of halogens is 2. The van der Waals surface area contributed by atoms with Crippen molar-refractivity contribution in [3.8, 4) is 22.3 Å². The Kier molecular flexibility index (Phi) is 13.4. The van der Waals surface area contributed by atoms with Gasteiger partial charge in [0.15, 0.2) is 0 Å². The van der Waals surface area contributed by atoms with Crippen LogP contribution in [0.3, 0.4) is 0 Å². The topological polar surface area (TPSA) is 0 Å². The van der Waals surface area contributed by atoms with E-state index in [1.807, 2.05) is 0 Å². The SMILES string of the molecule is CCc1ccc2c(c1-c1cc(C(C)(C)C)cc(C(C)(C)C)c1)C=C(C(C)(C)C)[CH]2[Zr]([Cl])([Cl])([CH]1C(C(C)(C)C)=Cc2c1ccc(CC)c2-c1cc(C(C)(C)C)cc(C(C)(C)C)c1)[SiH](C)C. The number of rotatable bonds is 7. The van der Waals surface area contributed by atoms with Crippen LogP contribution in [0.1, 0.15) is 201 Å². The van der Waals surface area contributed by atoms with Crippen LogP contribution in [0.4, 0.5) is 0 Å². The molecule has 0 nitrogen and oxygen atoms in total. The molecule has 0 saturated heterocycles. The molecule has 0 radical (unpaired) electrons. The molecule has 0 saturated carbocycles. The van der Waals surface area contributed by atoms with E-state index < -0.39 is 21.5 Å². The van der Waals surface area contributed by atoms with Gasteiger partial charge in [-0.25, -0.2) is 0 Å². The summed E-state index contributed by atoms with van der Waals surface area (Å²) in [5, 5.41) is 0. The third kappa shape index (κ3) is 9.05. The summed E-state index contributed by atoms with van der Waals surface area (Å²) in [6, 6.07) is 24.7. The fraction of sp³-hybridized carbons (Fsp3) is 0.533. The Morgan fingerprint density at radius 3 is 0.938 bits per heavy atom. The Morgan fingerprint density at radius 1 is 0.438 bits per heavy atom. The molecule has 0 aliphatic heterocycles.